The number of para-hydroxylation sites is 2. The summed E-state index contributed by atoms with van der Waals surface area (Å²) in [4.78, 5) is 0. The van der Waals surface area contributed by atoms with E-state index < -0.39 is 78.1 Å². The predicted octanol–water partition coefficient (Wildman–Crippen LogP) is 11.7. The lowest BCUT2D eigenvalue weighted by Crippen LogP contribution is -1.94. The van der Waals surface area contributed by atoms with Crippen molar-refractivity contribution in [3.63, 3.8) is 0 Å². The Hall–Kier alpha value is -5.86. The molecule has 0 aliphatic carbocycles. The second-order valence-electron chi connectivity index (χ2n) is 10.5. The van der Waals surface area contributed by atoms with E-state index in [1.54, 1.807) is 12.1 Å². The van der Waals surface area contributed by atoms with Gasteiger partial charge in [0.25, 0.3) is 0 Å². The van der Waals surface area contributed by atoms with Crippen molar-refractivity contribution in [3.05, 3.63) is 164 Å². The number of benzene rings is 7. The van der Waals surface area contributed by atoms with Crippen LogP contribution in [0.1, 0.15) is 16.4 Å². The fourth-order valence-electron chi connectivity index (χ4n) is 5.83. The quantitative estimate of drug-likeness (QED) is 0.205. The molecule has 7 aromatic carbocycles. The summed E-state index contributed by atoms with van der Waals surface area (Å²) in [6, 6.07) is 22.4. The molecule has 0 amide bonds. The Labute approximate surface area is 271 Å². The number of fused-ring (bicyclic) bond motifs is 6. The van der Waals surface area contributed by atoms with Gasteiger partial charge in [-0.2, -0.15) is 0 Å². The maximum absolute atomic E-state index is 9.43. The minimum absolute atomic E-state index is 0.0231. The van der Waals surface area contributed by atoms with E-state index in [0.717, 1.165) is 44.2 Å². The number of hydrogen-bond acceptors (Lipinski definition) is 1. The van der Waals surface area contributed by atoms with Crippen molar-refractivity contribution in [1.82, 2.24) is 4.57 Å². The monoisotopic (exact) mass is 573 g/mol. The van der Waals surface area contributed by atoms with Crippen LogP contribution in [-0.4, -0.2) is 4.57 Å². The minimum Gasteiger partial charge on any atom is -0.456 e. The summed E-state index contributed by atoms with van der Waals surface area (Å²) in [5.41, 5.74) is 4.91. The van der Waals surface area contributed by atoms with Gasteiger partial charge < -0.3 is 8.98 Å². The summed E-state index contributed by atoms with van der Waals surface area (Å²) < 4.78 is 111. The first kappa shape index (κ1) is 15.6. The number of aromatic nitrogens is 1. The zero-order valence-corrected chi connectivity index (χ0v) is 23.0. The topological polar surface area (TPSA) is 18.1 Å². The number of furan rings is 1. The largest absolute Gasteiger partial charge is 0.456 e. The van der Waals surface area contributed by atoms with E-state index in [0.29, 0.717) is 5.69 Å². The van der Waals surface area contributed by atoms with Crippen molar-refractivity contribution in [2.45, 2.75) is 0 Å². The molecule has 206 valence electrons. The van der Waals surface area contributed by atoms with E-state index in [2.05, 4.69) is 6.07 Å². The van der Waals surface area contributed by atoms with Crippen LogP contribution in [0.4, 0.5) is 0 Å². The number of hydrogen-bond donors (Lipinski definition) is 0. The summed E-state index contributed by atoms with van der Waals surface area (Å²) in [5, 5.41) is 1.92. The van der Waals surface area contributed by atoms with Gasteiger partial charge in [0, 0.05) is 27.2 Å². The Bertz CT molecular complexity index is 3120. The molecule has 44 heavy (non-hydrogen) atoms. The Balaban J connectivity index is 1.21. The van der Waals surface area contributed by atoms with Crippen LogP contribution in [0.15, 0.2) is 168 Å². The summed E-state index contributed by atoms with van der Waals surface area (Å²) in [5.74, 6) is 0. The van der Waals surface area contributed by atoms with Gasteiger partial charge in [0.15, 0.2) is 0 Å². The molecule has 0 atom stereocenters. The van der Waals surface area contributed by atoms with Crippen molar-refractivity contribution in [2.24, 2.45) is 0 Å². The Morgan fingerprint density at radius 1 is 0.432 bits per heavy atom. The van der Waals surface area contributed by atoms with Crippen LogP contribution in [0.25, 0.3) is 82.8 Å². The maximum Gasteiger partial charge on any atom is 0.135 e. The lowest BCUT2D eigenvalue weighted by molar-refractivity contribution is 0.669. The first-order chi connectivity index (χ1) is 26.8. The van der Waals surface area contributed by atoms with Gasteiger partial charge in [-0.1, -0.05) is 121 Å². The maximum atomic E-state index is 9.43. The van der Waals surface area contributed by atoms with Gasteiger partial charge in [0.05, 0.1) is 27.5 Å². The molecule has 2 heterocycles. The number of nitrogens with zero attached hydrogens (tertiary/aromatic N) is 1. The molecule has 0 N–H and O–H groups in total. The van der Waals surface area contributed by atoms with Crippen molar-refractivity contribution in [3.8, 4) is 39.1 Å². The lowest BCUT2D eigenvalue weighted by atomic mass is 9.99. The molecule has 9 rings (SSSR count). The molecule has 9 aromatic rings. The summed E-state index contributed by atoms with van der Waals surface area (Å²) in [6.45, 7) is 0. The highest BCUT2D eigenvalue weighted by Gasteiger charge is 2.14. The highest BCUT2D eigenvalue weighted by atomic mass is 16.3. The van der Waals surface area contributed by atoms with Gasteiger partial charge in [-0.05, 0) is 75.8 Å². The normalized spacial score (nSPS) is 15.5. The molecular formula is C42H27NO. The van der Waals surface area contributed by atoms with Crippen molar-refractivity contribution in [1.29, 1.82) is 0 Å². The van der Waals surface area contributed by atoms with E-state index in [1.807, 2.05) is 72.8 Å². The SMILES string of the molecule is [2H]c1c([2H])c([2H])c(-c2c([2H])c([2H])c3c4c([2H])c([2H])c([2H])c([2H])c4n(-c4ccc(-c5ccc(-c6ccc7oc8ccccc8c7c6)cc5)cc4)c3c2[2H])c([2H])c1[2H]. The third-order valence-corrected chi connectivity index (χ3v) is 7.96. The van der Waals surface area contributed by atoms with Crippen LogP contribution < -0.4 is 0 Å². The van der Waals surface area contributed by atoms with E-state index in [-0.39, 0.29) is 27.4 Å². The van der Waals surface area contributed by atoms with Gasteiger partial charge in [-0.25, -0.2) is 0 Å². The van der Waals surface area contributed by atoms with Crippen LogP contribution in [0.2, 0.25) is 0 Å². The van der Waals surface area contributed by atoms with Gasteiger partial charge in [0.1, 0.15) is 11.2 Å². The van der Waals surface area contributed by atoms with E-state index >= 15 is 0 Å². The van der Waals surface area contributed by atoms with Crippen molar-refractivity contribution < 1.29 is 20.9 Å². The summed E-state index contributed by atoms with van der Waals surface area (Å²) in [7, 11) is 0. The van der Waals surface area contributed by atoms with E-state index in [4.69, 9.17) is 19.5 Å². The smallest absolute Gasteiger partial charge is 0.135 e. The second-order valence-corrected chi connectivity index (χ2v) is 10.5. The van der Waals surface area contributed by atoms with E-state index in [9.17, 15) is 1.37 Å². The molecule has 0 bridgehead atoms. The first-order valence-electron chi connectivity index (χ1n) is 20.0. The van der Waals surface area contributed by atoms with Crippen LogP contribution in [-0.2, 0) is 0 Å². The molecule has 0 spiro atoms. The molecule has 0 unspecified atom stereocenters. The molecule has 2 aromatic heterocycles. The third-order valence-electron chi connectivity index (χ3n) is 7.96. The van der Waals surface area contributed by atoms with E-state index in [1.165, 1.54) is 4.57 Å². The predicted molar refractivity (Wildman–Crippen MR) is 184 cm³/mol. The molecule has 0 radical (unpaired) electrons. The minimum atomic E-state index is -0.664. The highest BCUT2D eigenvalue weighted by molar-refractivity contribution is 6.10. The van der Waals surface area contributed by atoms with Crippen molar-refractivity contribution in [2.75, 3.05) is 0 Å². The Morgan fingerprint density at radius 2 is 1.07 bits per heavy atom. The lowest BCUT2D eigenvalue weighted by Gasteiger charge is -2.11. The van der Waals surface area contributed by atoms with Crippen LogP contribution in [0.3, 0.4) is 0 Å². The molecule has 2 nitrogen and oxygen atoms in total. The molecule has 0 saturated heterocycles. The van der Waals surface area contributed by atoms with Crippen LogP contribution in [0.5, 0.6) is 0 Å². The fourth-order valence-corrected chi connectivity index (χ4v) is 5.83. The Kier molecular flexibility index (Phi) is 3.49. The van der Waals surface area contributed by atoms with Crippen LogP contribution >= 0.6 is 0 Å². The fraction of sp³-hybridized carbons (Fsp3) is 0. The highest BCUT2D eigenvalue weighted by Crippen LogP contribution is 2.36. The zero-order chi connectivity index (χ0) is 39.5. The molecule has 0 aliphatic rings. The first-order valence-corrected chi connectivity index (χ1v) is 14.0. The molecule has 0 saturated carbocycles. The van der Waals surface area contributed by atoms with Crippen LogP contribution in [0, 0.1) is 0 Å². The van der Waals surface area contributed by atoms with Gasteiger partial charge in [-0.15, -0.1) is 0 Å². The van der Waals surface area contributed by atoms with Gasteiger partial charge >= 0.3 is 0 Å². The summed E-state index contributed by atoms with van der Waals surface area (Å²) in [6.07, 6.45) is 0. The second kappa shape index (κ2) is 9.86. The summed E-state index contributed by atoms with van der Waals surface area (Å²) >= 11 is 0. The third kappa shape index (κ3) is 3.96. The Morgan fingerprint density at radius 3 is 1.89 bits per heavy atom. The average Bonchev–Trinajstić information content (AvgIpc) is 3.78. The van der Waals surface area contributed by atoms with Gasteiger partial charge in [-0.3, -0.25) is 0 Å². The molecular weight excluding hydrogens is 534 g/mol. The number of rotatable bonds is 4. The molecule has 0 aliphatic heterocycles. The zero-order valence-electron chi connectivity index (χ0n) is 35.0. The average molecular weight is 574 g/mol. The molecule has 0 fully saturated rings. The standard InChI is InChI=1S/C42H27NO/c1-2-8-28(9-3-1)33-20-24-36-35-10-4-6-12-39(35)43(40(36)27-33)34-22-18-30(19-23-34)29-14-16-31(17-15-29)32-21-25-42-38(26-32)37-11-5-7-13-41(37)44-42/h1-27H/i1D,2D,3D,4D,6D,8D,9D,10D,12D,20D,24D,27D. The van der Waals surface area contributed by atoms with Gasteiger partial charge in [0.2, 0.25) is 0 Å². The van der Waals surface area contributed by atoms with Crippen molar-refractivity contribution >= 4 is 43.7 Å². The molecule has 2 heteroatoms.